The third-order valence-corrected chi connectivity index (χ3v) is 1.95. The molecule has 0 spiro atoms. The number of hydrazine groups is 1. The summed E-state index contributed by atoms with van der Waals surface area (Å²) in [5.41, 5.74) is 1.96. The first-order valence-electron chi connectivity index (χ1n) is 4.94. The molecule has 0 aromatic carbocycles. The Bertz CT molecular complexity index is 397. The number of nitro groups is 1. The van der Waals surface area contributed by atoms with Crippen LogP contribution in [-0.4, -0.2) is 32.6 Å². The molecule has 1 unspecified atom stereocenters. The minimum Gasteiger partial charge on any atom is -0.393 e. The van der Waals surface area contributed by atoms with E-state index in [-0.39, 0.29) is 17.5 Å². The van der Waals surface area contributed by atoms with Crippen molar-refractivity contribution in [2.45, 2.75) is 19.4 Å². The van der Waals surface area contributed by atoms with Crippen molar-refractivity contribution >= 4 is 17.5 Å². The van der Waals surface area contributed by atoms with Crippen LogP contribution in [0.4, 0.5) is 17.5 Å². The first-order chi connectivity index (χ1) is 8.04. The van der Waals surface area contributed by atoms with E-state index in [2.05, 4.69) is 20.7 Å². The Labute approximate surface area is 97.2 Å². The second-order valence-electron chi connectivity index (χ2n) is 3.39. The number of aromatic nitrogens is 2. The van der Waals surface area contributed by atoms with Gasteiger partial charge in [0.2, 0.25) is 11.8 Å². The van der Waals surface area contributed by atoms with E-state index < -0.39 is 11.0 Å². The maximum atomic E-state index is 10.7. The largest absolute Gasteiger partial charge is 0.393 e. The summed E-state index contributed by atoms with van der Waals surface area (Å²) in [6.07, 6.45) is 1.02. The van der Waals surface area contributed by atoms with Crippen LogP contribution in [0.2, 0.25) is 0 Å². The molecule has 94 valence electrons. The van der Waals surface area contributed by atoms with Gasteiger partial charge in [0.25, 0.3) is 0 Å². The highest BCUT2D eigenvalue weighted by Gasteiger charge is 2.16. The molecular formula is C8H14N6O3. The second kappa shape index (κ2) is 5.92. The van der Waals surface area contributed by atoms with Crippen molar-refractivity contribution < 1.29 is 10.0 Å². The predicted octanol–water partition coefficient (Wildman–Crippen LogP) is -0.147. The molecule has 0 amide bonds. The van der Waals surface area contributed by atoms with Crippen LogP contribution >= 0.6 is 0 Å². The quantitative estimate of drug-likeness (QED) is 0.307. The minimum atomic E-state index is -0.592. The zero-order valence-electron chi connectivity index (χ0n) is 9.25. The van der Waals surface area contributed by atoms with E-state index in [4.69, 9.17) is 10.9 Å². The number of rotatable bonds is 6. The average molecular weight is 242 g/mol. The molecule has 0 aliphatic carbocycles. The highest BCUT2D eigenvalue weighted by Crippen LogP contribution is 2.21. The van der Waals surface area contributed by atoms with Crippen LogP contribution in [-0.2, 0) is 0 Å². The molecule has 0 aliphatic heterocycles. The minimum absolute atomic E-state index is 0.0681. The van der Waals surface area contributed by atoms with Gasteiger partial charge < -0.3 is 10.4 Å². The zero-order chi connectivity index (χ0) is 12.8. The number of hydrogen-bond acceptors (Lipinski definition) is 8. The molecule has 0 saturated carbocycles. The van der Waals surface area contributed by atoms with Crippen molar-refractivity contribution in [2.24, 2.45) is 5.84 Å². The summed E-state index contributed by atoms with van der Waals surface area (Å²) >= 11 is 0. The van der Waals surface area contributed by atoms with Crippen molar-refractivity contribution in [3.05, 3.63) is 16.3 Å². The van der Waals surface area contributed by atoms with E-state index in [0.29, 0.717) is 13.0 Å². The summed E-state index contributed by atoms with van der Waals surface area (Å²) in [4.78, 5) is 17.6. The first kappa shape index (κ1) is 13.1. The number of aliphatic hydroxyl groups is 1. The van der Waals surface area contributed by atoms with E-state index in [0.717, 1.165) is 6.20 Å². The summed E-state index contributed by atoms with van der Waals surface area (Å²) in [5.74, 6) is 5.26. The summed E-state index contributed by atoms with van der Waals surface area (Å²) < 4.78 is 0. The van der Waals surface area contributed by atoms with Crippen LogP contribution in [0.15, 0.2) is 6.20 Å². The number of aliphatic hydroxyl groups excluding tert-OH is 1. The molecule has 1 atom stereocenters. The van der Waals surface area contributed by atoms with Crippen LogP contribution < -0.4 is 16.6 Å². The first-order valence-corrected chi connectivity index (χ1v) is 4.94. The Morgan fingerprint density at radius 3 is 2.94 bits per heavy atom. The highest BCUT2D eigenvalue weighted by atomic mass is 16.6. The summed E-state index contributed by atoms with van der Waals surface area (Å²) in [7, 11) is 0. The van der Waals surface area contributed by atoms with Gasteiger partial charge in [0.05, 0.1) is 11.0 Å². The summed E-state index contributed by atoms with van der Waals surface area (Å²) in [6, 6.07) is 0. The fraction of sp³-hybridized carbons (Fsp3) is 0.500. The van der Waals surface area contributed by atoms with Gasteiger partial charge in [-0.05, 0) is 13.3 Å². The standard InChI is InChI=1S/C8H14N6O3/c1-5(15)2-3-10-7-6(14(16)17)4-11-8(12-7)13-9/h4-5,15H,2-3,9H2,1H3,(H2,10,11,12,13). The Kier molecular flexibility index (Phi) is 4.55. The van der Waals surface area contributed by atoms with Crippen molar-refractivity contribution in [1.29, 1.82) is 0 Å². The Hall–Kier alpha value is -2.00. The van der Waals surface area contributed by atoms with Gasteiger partial charge in [0.15, 0.2) is 0 Å². The third kappa shape index (κ3) is 3.81. The lowest BCUT2D eigenvalue weighted by Gasteiger charge is -2.08. The molecule has 0 saturated heterocycles. The van der Waals surface area contributed by atoms with E-state index in [1.54, 1.807) is 6.92 Å². The number of anilines is 2. The van der Waals surface area contributed by atoms with Crippen LogP contribution in [0.3, 0.4) is 0 Å². The van der Waals surface area contributed by atoms with Crippen molar-refractivity contribution in [2.75, 3.05) is 17.3 Å². The van der Waals surface area contributed by atoms with E-state index in [9.17, 15) is 10.1 Å². The molecule has 9 heteroatoms. The van der Waals surface area contributed by atoms with Gasteiger partial charge in [-0.2, -0.15) is 4.98 Å². The SMILES string of the molecule is CC(O)CCNc1nc(NN)ncc1[N+](=O)[O-]. The zero-order valence-corrected chi connectivity index (χ0v) is 9.25. The predicted molar refractivity (Wildman–Crippen MR) is 61.3 cm³/mol. The lowest BCUT2D eigenvalue weighted by molar-refractivity contribution is -0.384. The Balaban J connectivity index is 2.82. The normalized spacial score (nSPS) is 11.9. The number of nitrogens with one attached hydrogen (secondary N) is 2. The smallest absolute Gasteiger partial charge is 0.329 e. The van der Waals surface area contributed by atoms with Crippen LogP contribution in [0.1, 0.15) is 13.3 Å². The van der Waals surface area contributed by atoms with Crippen molar-refractivity contribution in [1.82, 2.24) is 9.97 Å². The average Bonchev–Trinajstić information content (AvgIpc) is 2.28. The number of nitrogens with two attached hydrogens (primary N) is 1. The number of nitrogens with zero attached hydrogens (tertiary/aromatic N) is 3. The molecule has 0 radical (unpaired) electrons. The van der Waals surface area contributed by atoms with Gasteiger partial charge in [-0.1, -0.05) is 0 Å². The molecule has 0 bridgehead atoms. The van der Waals surface area contributed by atoms with Gasteiger partial charge in [-0.15, -0.1) is 0 Å². The van der Waals surface area contributed by atoms with E-state index in [1.807, 2.05) is 0 Å². The van der Waals surface area contributed by atoms with Gasteiger partial charge in [-0.25, -0.2) is 10.8 Å². The molecule has 1 heterocycles. The summed E-state index contributed by atoms with van der Waals surface area (Å²) in [5, 5.41) is 22.5. The molecule has 0 fully saturated rings. The van der Waals surface area contributed by atoms with E-state index >= 15 is 0 Å². The van der Waals surface area contributed by atoms with Crippen molar-refractivity contribution in [3.8, 4) is 0 Å². The van der Waals surface area contributed by atoms with Gasteiger partial charge in [0, 0.05) is 6.54 Å². The monoisotopic (exact) mass is 242 g/mol. The Morgan fingerprint density at radius 2 is 2.41 bits per heavy atom. The Morgan fingerprint density at radius 1 is 1.71 bits per heavy atom. The second-order valence-corrected chi connectivity index (χ2v) is 3.39. The van der Waals surface area contributed by atoms with Crippen LogP contribution in [0.25, 0.3) is 0 Å². The molecule has 17 heavy (non-hydrogen) atoms. The fourth-order valence-corrected chi connectivity index (χ4v) is 1.11. The van der Waals surface area contributed by atoms with Crippen LogP contribution in [0.5, 0.6) is 0 Å². The molecule has 9 nitrogen and oxygen atoms in total. The summed E-state index contributed by atoms with van der Waals surface area (Å²) in [6.45, 7) is 1.99. The van der Waals surface area contributed by atoms with Crippen LogP contribution in [0, 0.1) is 10.1 Å². The van der Waals surface area contributed by atoms with E-state index in [1.165, 1.54) is 0 Å². The molecule has 5 N–H and O–H groups in total. The maximum absolute atomic E-state index is 10.7. The third-order valence-electron chi connectivity index (χ3n) is 1.95. The molecule has 1 rings (SSSR count). The van der Waals surface area contributed by atoms with Gasteiger partial charge in [-0.3, -0.25) is 15.5 Å². The van der Waals surface area contributed by atoms with Gasteiger partial charge in [0.1, 0.15) is 6.20 Å². The highest BCUT2D eigenvalue weighted by molar-refractivity contribution is 5.56. The van der Waals surface area contributed by atoms with Crippen molar-refractivity contribution in [3.63, 3.8) is 0 Å². The molecule has 1 aromatic rings. The lowest BCUT2D eigenvalue weighted by atomic mass is 10.3. The number of hydrogen-bond donors (Lipinski definition) is 4. The topological polar surface area (TPSA) is 139 Å². The van der Waals surface area contributed by atoms with Gasteiger partial charge >= 0.3 is 5.69 Å². The molecule has 1 aromatic heterocycles. The number of nitrogen functional groups attached to an aromatic ring is 1. The molecular weight excluding hydrogens is 228 g/mol. The lowest BCUT2D eigenvalue weighted by Crippen LogP contribution is -2.15. The molecule has 0 aliphatic rings. The fourth-order valence-electron chi connectivity index (χ4n) is 1.11. The maximum Gasteiger partial charge on any atom is 0.329 e.